The van der Waals surface area contributed by atoms with Crippen molar-refractivity contribution in [3.8, 4) is 17.2 Å². The molecule has 0 amide bonds. The molecule has 6 nitrogen and oxygen atoms in total. The van der Waals surface area contributed by atoms with Crippen molar-refractivity contribution in [1.82, 2.24) is 0 Å². The lowest BCUT2D eigenvalue weighted by Crippen LogP contribution is -2.23. The fourth-order valence-corrected chi connectivity index (χ4v) is 2.17. The molecule has 0 aliphatic heterocycles. The van der Waals surface area contributed by atoms with Gasteiger partial charge < -0.3 is 19.3 Å². The van der Waals surface area contributed by atoms with Gasteiger partial charge in [-0.1, -0.05) is 48.5 Å². The Labute approximate surface area is 175 Å². The third-order valence-corrected chi connectivity index (χ3v) is 3.41. The van der Waals surface area contributed by atoms with Crippen LogP contribution in [0, 0.1) is 0 Å². The van der Waals surface area contributed by atoms with Gasteiger partial charge in [-0.05, 0) is 57.2 Å². The fourth-order valence-electron chi connectivity index (χ4n) is 2.17. The highest BCUT2D eigenvalue weighted by atomic mass is 16.7. The van der Waals surface area contributed by atoms with Crippen LogP contribution in [0.4, 0.5) is 4.79 Å². The number of carbonyl (C=O) groups excluding carboxylic acids is 2. The summed E-state index contributed by atoms with van der Waals surface area (Å²) in [5, 5.41) is 9.38. The number of hydrogen-bond acceptors (Lipinski definition) is 6. The topological polar surface area (TPSA) is 82.1 Å². The molecule has 0 aliphatic carbocycles. The van der Waals surface area contributed by atoms with Crippen LogP contribution in [0.3, 0.4) is 0 Å². The van der Waals surface area contributed by atoms with Crippen molar-refractivity contribution < 1.29 is 28.9 Å². The normalized spacial score (nSPS) is 10.2. The number of carbonyl (C=O) groups is 2. The summed E-state index contributed by atoms with van der Waals surface area (Å²) in [5.41, 5.74) is -0.346. The largest absolute Gasteiger partial charge is 0.519 e. The monoisotopic (exact) mass is 408 g/mol. The Morgan fingerprint density at radius 1 is 0.700 bits per heavy atom. The Bertz CT molecular complexity index is 903. The number of aromatic hydroxyl groups is 1. The van der Waals surface area contributed by atoms with Gasteiger partial charge in [0.2, 0.25) is 0 Å². The van der Waals surface area contributed by atoms with Gasteiger partial charge in [0.25, 0.3) is 0 Å². The number of phenols is 1. The van der Waals surface area contributed by atoms with Gasteiger partial charge in [-0.3, -0.25) is 0 Å². The average Bonchev–Trinajstić information content (AvgIpc) is 2.69. The number of ether oxygens (including phenoxy) is 3. The van der Waals surface area contributed by atoms with E-state index in [2.05, 4.69) is 0 Å². The van der Waals surface area contributed by atoms with E-state index < -0.39 is 17.7 Å². The Morgan fingerprint density at radius 2 is 1.13 bits per heavy atom. The van der Waals surface area contributed by atoms with Crippen LogP contribution in [0.15, 0.2) is 84.9 Å². The van der Waals surface area contributed by atoms with Gasteiger partial charge in [-0.2, -0.15) is 0 Å². The first-order chi connectivity index (χ1) is 14.2. The third kappa shape index (κ3) is 8.06. The van der Waals surface area contributed by atoms with Crippen molar-refractivity contribution in [2.75, 3.05) is 0 Å². The van der Waals surface area contributed by atoms with E-state index in [4.69, 9.17) is 14.2 Å². The second-order valence-electron chi connectivity index (χ2n) is 7.10. The molecule has 0 saturated heterocycles. The van der Waals surface area contributed by atoms with Crippen molar-refractivity contribution in [3.63, 3.8) is 0 Å². The van der Waals surface area contributed by atoms with E-state index in [-0.39, 0.29) is 11.3 Å². The van der Waals surface area contributed by atoms with Crippen LogP contribution < -0.4 is 9.47 Å². The van der Waals surface area contributed by atoms with Crippen molar-refractivity contribution in [3.05, 3.63) is 90.5 Å². The molecule has 3 rings (SSSR count). The zero-order valence-corrected chi connectivity index (χ0v) is 17.1. The van der Waals surface area contributed by atoms with Gasteiger partial charge >= 0.3 is 12.1 Å². The molecular formula is C24H24O6. The summed E-state index contributed by atoms with van der Waals surface area (Å²) in [6.07, 6.45) is -0.739. The van der Waals surface area contributed by atoms with Crippen molar-refractivity contribution in [2.24, 2.45) is 0 Å². The molecule has 0 heterocycles. The molecule has 0 atom stereocenters. The molecule has 6 heteroatoms. The molecule has 0 saturated carbocycles. The van der Waals surface area contributed by atoms with Gasteiger partial charge in [-0.15, -0.1) is 0 Å². The van der Waals surface area contributed by atoms with Crippen LogP contribution in [0.2, 0.25) is 0 Å². The Hall–Kier alpha value is -3.80. The highest BCUT2D eigenvalue weighted by Gasteiger charge is 2.19. The van der Waals surface area contributed by atoms with Gasteiger partial charge in [0, 0.05) is 0 Å². The number of phenolic OH excluding ortho intramolecular Hbond substituents is 1. The van der Waals surface area contributed by atoms with Crippen LogP contribution in [-0.4, -0.2) is 22.8 Å². The minimum absolute atomic E-state index is 0.0539. The molecule has 1 N–H and O–H groups in total. The van der Waals surface area contributed by atoms with Crippen molar-refractivity contribution >= 4 is 12.1 Å². The lowest BCUT2D eigenvalue weighted by molar-refractivity contribution is 0.00667. The second-order valence-corrected chi connectivity index (χ2v) is 7.10. The first-order valence-corrected chi connectivity index (χ1v) is 9.26. The molecule has 0 spiro atoms. The summed E-state index contributed by atoms with van der Waals surface area (Å²) in [5.74, 6) is 0.365. The van der Waals surface area contributed by atoms with Gasteiger partial charge in [0.15, 0.2) is 0 Å². The summed E-state index contributed by atoms with van der Waals surface area (Å²) in [6.45, 7) is 5.35. The maximum absolute atomic E-state index is 11.5. The maximum Gasteiger partial charge on any atom is 0.519 e. The number of hydrogen-bond donors (Lipinski definition) is 1. The zero-order valence-electron chi connectivity index (χ0n) is 17.1. The van der Waals surface area contributed by atoms with E-state index in [9.17, 15) is 14.7 Å². The second kappa shape index (κ2) is 10.7. The number of rotatable bonds is 3. The van der Waals surface area contributed by atoms with Crippen LogP contribution in [0.1, 0.15) is 31.1 Å². The minimum Gasteiger partial charge on any atom is -0.507 e. The van der Waals surface area contributed by atoms with E-state index in [1.165, 1.54) is 12.1 Å². The van der Waals surface area contributed by atoms with Gasteiger partial charge in [0.1, 0.15) is 28.4 Å². The number of benzene rings is 3. The first-order valence-electron chi connectivity index (χ1n) is 9.26. The Balaban J connectivity index is 0.000000216. The summed E-state index contributed by atoms with van der Waals surface area (Å²) in [7, 11) is 0. The molecule has 0 aromatic heterocycles. The molecule has 30 heavy (non-hydrogen) atoms. The lowest BCUT2D eigenvalue weighted by atomic mass is 10.1. The highest BCUT2D eigenvalue weighted by Crippen LogP contribution is 2.19. The molecule has 156 valence electrons. The molecule has 0 radical (unpaired) electrons. The van der Waals surface area contributed by atoms with E-state index >= 15 is 0 Å². The summed E-state index contributed by atoms with van der Waals surface area (Å²) >= 11 is 0. The van der Waals surface area contributed by atoms with Crippen LogP contribution in [0.25, 0.3) is 0 Å². The van der Waals surface area contributed by atoms with E-state index in [0.717, 1.165) is 0 Å². The van der Waals surface area contributed by atoms with Gasteiger partial charge in [-0.25, -0.2) is 9.59 Å². The number of esters is 1. The first kappa shape index (κ1) is 22.5. The number of para-hydroxylation sites is 3. The SMILES string of the molecule is CC(C)(C)OC(=O)c1ccccc1O.O=C(Oc1ccccc1)Oc1ccccc1. The maximum atomic E-state index is 11.5. The molecule has 0 unspecified atom stereocenters. The molecular weight excluding hydrogens is 384 g/mol. The van der Waals surface area contributed by atoms with Gasteiger partial charge in [0.05, 0.1) is 0 Å². The average molecular weight is 408 g/mol. The van der Waals surface area contributed by atoms with Crippen molar-refractivity contribution in [2.45, 2.75) is 26.4 Å². The van der Waals surface area contributed by atoms with Crippen molar-refractivity contribution in [1.29, 1.82) is 0 Å². The highest BCUT2D eigenvalue weighted by molar-refractivity contribution is 5.92. The minimum atomic E-state index is -0.739. The quantitative estimate of drug-likeness (QED) is 0.448. The standard InChI is InChI=1S/C13H10O3.C11H14O3/c14-13(15-11-7-3-1-4-8-11)16-12-9-5-2-6-10-12;1-11(2,3)14-10(13)8-6-4-5-7-9(8)12/h1-10H;4-7,12H,1-3H3. The van der Waals surface area contributed by atoms with Crippen LogP contribution >= 0.6 is 0 Å². The zero-order chi connectivity index (χ0) is 22.0. The van der Waals surface area contributed by atoms with E-state index in [1.54, 1.807) is 81.4 Å². The van der Waals surface area contributed by atoms with E-state index in [1.807, 2.05) is 12.1 Å². The molecule has 0 bridgehead atoms. The molecule has 0 fully saturated rings. The van der Waals surface area contributed by atoms with E-state index in [0.29, 0.717) is 11.5 Å². The smallest absolute Gasteiger partial charge is 0.507 e. The summed E-state index contributed by atoms with van der Waals surface area (Å²) < 4.78 is 15.0. The molecule has 0 aliphatic rings. The summed E-state index contributed by atoms with van der Waals surface area (Å²) in [4.78, 5) is 22.8. The molecule has 3 aromatic carbocycles. The lowest BCUT2D eigenvalue weighted by Gasteiger charge is -2.19. The fraction of sp³-hybridized carbons (Fsp3) is 0.167. The Kier molecular flexibility index (Phi) is 7.99. The third-order valence-electron chi connectivity index (χ3n) is 3.41. The van der Waals surface area contributed by atoms with Crippen LogP contribution in [0.5, 0.6) is 17.2 Å². The predicted octanol–water partition coefficient (Wildman–Crippen LogP) is 5.61. The Morgan fingerprint density at radius 3 is 1.57 bits per heavy atom. The van der Waals surface area contributed by atoms with Crippen LogP contribution in [-0.2, 0) is 4.74 Å². The predicted molar refractivity (Wildman–Crippen MR) is 113 cm³/mol. The molecule has 3 aromatic rings. The summed E-state index contributed by atoms with van der Waals surface area (Å²) in [6, 6.07) is 23.9.